The highest BCUT2D eigenvalue weighted by atomic mass is 32.2. The monoisotopic (exact) mass is 281 g/mol. The number of nitrogens with zero attached hydrogens (tertiary/aromatic N) is 1. The topological polar surface area (TPSA) is 54.5 Å². The van der Waals surface area contributed by atoms with Gasteiger partial charge in [-0.1, -0.05) is 37.3 Å². The molecule has 0 aliphatic carbocycles. The summed E-state index contributed by atoms with van der Waals surface area (Å²) >= 11 is 0. The zero-order valence-electron chi connectivity index (χ0n) is 11.1. The molecule has 4 nitrogen and oxygen atoms in total. The number of hydrogen-bond donors (Lipinski definition) is 0. The van der Waals surface area contributed by atoms with E-state index >= 15 is 0 Å². The number of carbonyl (C=O) groups excluding carboxylic acids is 1. The lowest BCUT2D eigenvalue weighted by Crippen LogP contribution is -2.49. The van der Waals surface area contributed by atoms with Gasteiger partial charge in [-0.3, -0.25) is 9.69 Å². The van der Waals surface area contributed by atoms with Crippen LogP contribution in [0.5, 0.6) is 0 Å². The number of sulfone groups is 1. The third-order valence-corrected chi connectivity index (χ3v) is 5.18. The maximum atomic E-state index is 12.4. The van der Waals surface area contributed by atoms with Crippen molar-refractivity contribution in [1.29, 1.82) is 0 Å². The third kappa shape index (κ3) is 3.42. The van der Waals surface area contributed by atoms with E-state index in [1.807, 2.05) is 42.2 Å². The first-order valence-electron chi connectivity index (χ1n) is 6.57. The molecule has 1 fully saturated rings. The van der Waals surface area contributed by atoms with Gasteiger partial charge >= 0.3 is 0 Å². The highest BCUT2D eigenvalue weighted by molar-refractivity contribution is 7.91. The van der Waals surface area contributed by atoms with Gasteiger partial charge in [-0.15, -0.1) is 0 Å². The molecular weight excluding hydrogens is 262 g/mol. The lowest BCUT2D eigenvalue weighted by atomic mass is 10.0. The van der Waals surface area contributed by atoms with Crippen LogP contribution >= 0.6 is 0 Å². The van der Waals surface area contributed by atoms with Gasteiger partial charge in [0, 0.05) is 18.7 Å². The number of hydrogen-bond acceptors (Lipinski definition) is 4. The van der Waals surface area contributed by atoms with Crippen LogP contribution in [0.4, 0.5) is 0 Å². The normalized spacial score (nSPS) is 20.9. The molecule has 1 saturated heterocycles. The van der Waals surface area contributed by atoms with Crippen molar-refractivity contribution in [3.05, 3.63) is 35.9 Å². The SMILES string of the molecule is CCC(C(=O)c1ccccc1)N1CCS(=O)(=O)CC1. The van der Waals surface area contributed by atoms with Crippen LogP contribution in [0.25, 0.3) is 0 Å². The summed E-state index contributed by atoms with van der Waals surface area (Å²) in [5.41, 5.74) is 0.697. The van der Waals surface area contributed by atoms with Crippen LogP contribution in [-0.2, 0) is 9.84 Å². The van der Waals surface area contributed by atoms with E-state index in [2.05, 4.69) is 0 Å². The average Bonchev–Trinajstić information content (AvgIpc) is 2.42. The average molecular weight is 281 g/mol. The summed E-state index contributed by atoms with van der Waals surface area (Å²) in [4.78, 5) is 14.4. The van der Waals surface area contributed by atoms with Crippen molar-refractivity contribution in [2.75, 3.05) is 24.6 Å². The molecule has 1 aromatic carbocycles. The molecule has 1 unspecified atom stereocenters. The molecule has 0 bridgehead atoms. The summed E-state index contributed by atoms with van der Waals surface area (Å²) in [6, 6.07) is 8.99. The van der Waals surface area contributed by atoms with Gasteiger partial charge in [-0.25, -0.2) is 8.42 Å². The summed E-state index contributed by atoms with van der Waals surface area (Å²) < 4.78 is 22.9. The first-order chi connectivity index (χ1) is 9.03. The van der Waals surface area contributed by atoms with Crippen LogP contribution in [0.3, 0.4) is 0 Å². The van der Waals surface area contributed by atoms with Crippen LogP contribution < -0.4 is 0 Å². The summed E-state index contributed by atoms with van der Waals surface area (Å²) in [5.74, 6) is 0.402. The number of ketones is 1. The van der Waals surface area contributed by atoms with Crippen LogP contribution in [-0.4, -0.2) is 49.7 Å². The van der Waals surface area contributed by atoms with E-state index in [4.69, 9.17) is 0 Å². The minimum absolute atomic E-state index is 0.0856. The highest BCUT2D eigenvalue weighted by Gasteiger charge is 2.30. The summed E-state index contributed by atoms with van der Waals surface area (Å²) in [6.07, 6.45) is 0.702. The second-order valence-corrected chi connectivity index (χ2v) is 7.15. The fourth-order valence-corrected chi connectivity index (χ4v) is 3.67. The molecule has 19 heavy (non-hydrogen) atoms. The van der Waals surface area contributed by atoms with Crippen molar-refractivity contribution in [1.82, 2.24) is 4.90 Å². The van der Waals surface area contributed by atoms with Crippen LogP contribution in [0.15, 0.2) is 30.3 Å². The quantitative estimate of drug-likeness (QED) is 0.782. The lowest BCUT2D eigenvalue weighted by molar-refractivity contribution is 0.0823. The molecule has 0 spiro atoms. The van der Waals surface area contributed by atoms with Crippen LogP contribution in [0.2, 0.25) is 0 Å². The Bertz CT molecular complexity index is 525. The Morgan fingerprint density at radius 3 is 2.32 bits per heavy atom. The zero-order valence-corrected chi connectivity index (χ0v) is 11.9. The number of rotatable bonds is 4. The molecule has 2 rings (SSSR count). The summed E-state index contributed by atoms with van der Waals surface area (Å²) in [7, 11) is -2.90. The van der Waals surface area contributed by atoms with Crippen LogP contribution in [0, 0.1) is 0 Å². The highest BCUT2D eigenvalue weighted by Crippen LogP contribution is 2.15. The van der Waals surface area contributed by atoms with E-state index in [9.17, 15) is 13.2 Å². The predicted octanol–water partition coefficient (Wildman–Crippen LogP) is 1.38. The Balaban J connectivity index is 2.11. The Morgan fingerprint density at radius 1 is 1.21 bits per heavy atom. The molecule has 1 aliphatic rings. The van der Waals surface area contributed by atoms with E-state index in [0.717, 1.165) is 0 Å². The van der Waals surface area contributed by atoms with E-state index in [-0.39, 0.29) is 23.3 Å². The molecule has 0 N–H and O–H groups in total. The Hall–Kier alpha value is -1.20. The van der Waals surface area contributed by atoms with Gasteiger partial charge < -0.3 is 0 Å². The largest absolute Gasteiger partial charge is 0.292 e. The molecule has 104 valence electrons. The van der Waals surface area contributed by atoms with Crippen molar-refractivity contribution in [3.63, 3.8) is 0 Å². The molecule has 1 aliphatic heterocycles. The van der Waals surface area contributed by atoms with Gasteiger partial charge in [0.25, 0.3) is 0 Å². The molecular formula is C14H19NO3S. The first kappa shape index (κ1) is 14.2. The van der Waals surface area contributed by atoms with E-state index in [1.54, 1.807) is 0 Å². The maximum Gasteiger partial charge on any atom is 0.179 e. The standard InChI is InChI=1S/C14H19NO3S/c1-2-13(14(16)12-6-4-3-5-7-12)15-8-10-19(17,18)11-9-15/h3-7,13H,2,8-11H2,1H3. The van der Waals surface area contributed by atoms with Gasteiger partial charge in [0.2, 0.25) is 0 Å². The number of benzene rings is 1. The minimum atomic E-state index is -2.90. The first-order valence-corrected chi connectivity index (χ1v) is 8.39. The molecule has 0 radical (unpaired) electrons. The van der Waals surface area contributed by atoms with Crippen molar-refractivity contribution >= 4 is 15.6 Å². The number of carbonyl (C=O) groups is 1. The molecule has 1 atom stereocenters. The fourth-order valence-electron chi connectivity index (χ4n) is 2.44. The van der Waals surface area contributed by atoms with Gasteiger partial charge in [0.1, 0.15) is 0 Å². The molecule has 1 aromatic rings. The van der Waals surface area contributed by atoms with Crippen molar-refractivity contribution in [2.24, 2.45) is 0 Å². The molecule has 0 amide bonds. The van der Waals surface area contributed by atoms with Gasteiger partial charge in [-0.05, 0) is 6.42 Å². The van der Waals surface area contributed by atoms with E-state index in [1.165, 1.54) is 0 Å². The van der Waals surface area contributed by atoms with Gasteiger partial charge in [0.05, 0.1) is 17.5 Å². The predicted molar refractivity (Wildman–Crippen MR) is 75.1 cm³/mol. The lowest BCUT2D eigenvalue weighted by Gasteiger charge is -2.32. The Labute approximate surface area is 114 Å². The van der Waals surface area contributed by atoms with Crippen molar-refractivity contribution < 1.29 is 13.2 Å². The fraction of sp³-hybridized carbons (Fsp3) is 0.500. The Kier molecular flexibility index (Phi) is 4.37. The van der Waals surface area contributed by atoms with Crippen molar-refractivity contribution in [2.45, 2.75) is 19.4 Å². The third-order valence-electron chi connectivity index (χ3n) is 3.57. The smallest absolute Gasteiger partial charge is 0.179 e. The Morgan fingerprint density at radius 2 is 1.79 bits per heavy atom. The van der Waals surface area contributed by atoms with Gasteiger partial charge in [-0.2, -0.15) is 0 Å². The van der Waals surface area contributed by atoms with E-state index in [0.29, 0.717) is 25.1 Å². The second kappa shape index (κ2) is 5.84. The second-order valence-electron chi connectivity index (χ2n) is 4.84. The van der Waals surface area contributed by atoms with Crippen molar-refractivity contribution in [3.8, 4) is 0 Å². The molecule has 5 heteroatoms. The maximum absolute atomic E-state index is 12.4. The number of Topliss-reactive ketones (excluding diaryl/α,β-unsaturated/α-hetero) is 1. The molecule has 0 saturated carbocycles. The zero-order chi connectivity index (χ0) is 13.9. The molecule has 1 heterocycles. The van der Waals surface area contributed by atoms with Crippen LogP contribution in [0.1, 0.15) is 23.7 Å². The van der Waals surface area contributed by atoms with Gasteiger partial charge in [0.15, 0.2) is 15.6 Å². The minimum Gasteiger partial charge on any atom is -0.292 e. The summed E-state index contributed by atoms with van der Waals surface area (Å²) in [5, 5.41) is 0. The molecule has 0 aromatic heterocycles. The summed E-state index contributed by atoms with van der Waals surface area (Å²) in [6.45, 7) is 2.88. The van der Waals surface area contributed by atoms with E-state index < -0.39 is 9.84 Å².